The first-order valence-electron chi connectivity index (χ1n) is 8.89. The normalized spacial score (nSPS) is 10.9. The van der Waals surface area contributed by atoms with E-state index in [0.717, 1.165) is 25.0 Å². The molecule has 0 aliphatic rings. The van der Waals surface area contributed by atoms with E-state index in [4.69, 9.17) is 0 Å². The monoisotopic (exact) mass is 451 g/mol. The zero-order valence-electron chi connectivity index (χ0n) is 15.7. The minimum Gasteiger partial charge on any atom is -0.346 e. The summed E-state index contributed by atoms with van der Waals surface area (Å²) in [4.78, 5) is 12.3. The average Bonchev–Trinajstić information content (AvgIpc) is 3.35. The molecule has 1 amide bonds. The summed E-state index contributed by atoms with van der Waals surface area (Å²) in [7, 11) is 0. The van der Waals surface area contributed by atoms with Crippen LogP contribution in [0.2, 0.25) is 0 Å². The molecular formula is C18H21N5OS4. The summed E-state index contributed by atoms with van der Waals surface area (Å²) in [6, 6.07) is 8.08. The van der Waals surface area contributed by atoms with Gasteiger partial charge in [-0.15, -0.1) is 20.4 Å². The van der Waals surface area contributed by atoms with Crippen LogP contribution in [-0.4, -0.2) is 32.1 Å². The molecular weight excluding hydrogens is 431 g/mol. The summed E-state index contributed by atoms with van der Waals surface area (Å²) in [6.07, 6.45) is 2.37. The molecule has 1 N–H and O–H groups in total. The van der Waals surface area contributed by atoms with Crippen LogP contribution in [0.15, 0.2) is 32.9 Å². The van der Waals surface area contributed by atoms with E-state index in [1.807, 2.05) is 31.2 Å². The van der Waals surface area contributed by atoms with Crippen molar-refractivity contribution in [3.63, 3.8) is 0 Å². The molecule has 0 unspecified atom stereocenters. The number of amides is 1. The van der Waals surface area contributed by atoms with Gasteiger partial charge in [-0.25, -0.2) is 0 Å². The Kier molecular flexibility index (Phi) is 8.26. The standard InChI is InChI=1S/C18H21N5OS4/c1-3-4-9-25-17-22-23-18(28-17)26-11-14-20-21-16(27-14)15(24)19-10-13-7-5-12(2)6-8-13/h5-8H,3-4,9-11H2,1-2H3,(H,19,24). The van der Waals surface area contributed by atoms with E-state index in [0.29, 0.717) is 17.3 Å². The Bertz CT molecular complexity index is 894. The Balaban J connectivity index is 1.45. The maximum Gasteiger partial charge on any atom is 0.282 e. The highest BCUT2D eigenvalue weighted by Gasteiger charge is 2.14. The van der Waals surface area contributed by atoms with Crippen LogP contribution in [0, 0.1) is 6.92 Å². The first kappa shape index (κ1) is 21.2. The molecule has 0 spiro atoms. The van der Waals surface area contributed by atoms with Gasteiger partial charge in [0.05, 0.1) is 5.75 Å². The molecule has 3 aromatic rings. The molecule has 0 fully saturated rings. The Morgan fingerprint density at radius 2 is 1.79 bits per heavy atom. The quantitative estimate of drug-likeness (QED) is 0.350. The molecule has 0 saturated carbocycles. The van der Waals surface area contributed by atoms with E-state index in [1.165, 1.54) is 29.7 Å². The Morgan fingerprint density at radius 3 is 2.54 bits per heavy atom. The molecule has 6 nitrogen and oxygen atoms in total. The van der Waals surface area contributed by atoms with Crippen molar-refractivity contribution in [3.05, 3.63) is 45.4 Å². The Morgan fingerprint density at radius 1 is 1.04 bits per heavy atom. The maximum atomic E-state index is 12.3. The zero-order chi connectivity index (χ0) is 19.8. The summed E-state index contributed by atoms with van der Waals surface area (Å²) in [6.45, 7) is 4.70. The van der Waals surface area contributed by atoms with Gasteiger partial charge < -0.3 is 5.32 Å². The van der Waals surface area contributed by atoms with Gasteiger partial charge in [-0.05, 0) is 18.9 Å². The topological polar surface area (TPSA) is 80.7 Å². The van der Waals surface area contributed by atoms with Crippen molar-refractivity contribution >= 4 is 52.1 Å². The fourth-order valence-electron chi connectivity index (χ4n) is 2.11. The number of rotatable bonds is 10. The minimum absolute atomic E-state index is 0.195. The number of carbonyl (C=O) groups is 1. The number of hydrogen-bond acceptors (Lipinski definition) is 9. The fraction of sp³-hybridized carbons (Fsp3) is 0.389. The third-order valence-electron chi connectivity index (χ3n) is 3.67. The molecule has 0 radical (unpaired) electrons. The van der Waals surface area contributed by atoms with Gasteiger partial charge in [0.2, 0.25) is 5.01 Å². The van der Waals surface area contributed by atoms with Crippen LogP contribution in [0.5, 0.6) is 0 Å². The van der Waals surface area contributed by atoms with E-state index >= 15 is 0 Å². The molecule has 148 valence electrons. The van der Waals surface area contributed by atoms with Crippen molar-refractivity contribution in [1.29, 1.82) is 0 Å². The second kappa shape index (κ2) is 10.9. The molecule has 2 heterocycles. The molecule has 0 aliphatic heterocycles. The van der Waals surface area contributed by atoms with Crippen LogP contribution in [0.1, 0.15) is 45.7 Å². The van der Waals surface area contributed by atoms with Gasteiger partial charge in [-0.2, -0.15) is 0 Å². The lowest BCUT2D eigenvalue weighted by Gasteiger charge is -2.03. The summed E-state index contributed by atoms with van der Waals surface area (Å²) in [5, 5.41) is 20.6. The van der Waals surface area contributed by atoms with E-state index in [9.17, 15) is 4.79 Å². The largest absolute Gasteiger partial charge is 0.346 e. The van der Waals surface area contributed by atoms with Gasteiger partial charge in [0, 0.05) is 12.3 Å². The smallest absolute Gasteiger partial charge is 0.282 e. The van der Waals surface area contributed by atoms with Crippen molar-refractivity contribution < 1.29 is 4.79 Å². The van der Waals surface area contributed by atoms with Crippen molar-refractivity contribution in [2.75, 3.05) is 5.75 Å². The van der Waals surface area contributed by atoms with Crippen LogP contribution < -0.4 is 5.32 Å². The van der Waals surface area contributed by atoms with E-state index in [2.05, 4.69) is 32.6 Å². The van der Waals surface area contributed by atoms with Crippen molar-refractivity contribution in [3.8, 4) is 0 Å². The molecule has 0 saturated heterocycles. The molecule has 10 heteroatoms. The van der Waals surface area contributed by atoms with E-state index < -0.39 is 0 Å². The number of carbonyl (C=O) groups excluding carboxylic acids is 1. The number of hydrogen-bond donors (Lipinski definition) is 1. The fourth-order valence-corrected chi connectivity index (χ4v) is 6.02. The highest BCUT2D eigenvalue weighted by atomic mass is 32.2. The maximum absolute atomic E-state index is 12.3. The van der Waals surface area contributed by atoms with Crippen LogP contribution >= 0.6 is 46.2 Å². The number of aromatic nitrogens is 4. The average molecular weight is 452 g/mol. The van der Waals surface area contributed by atoms with E-state index in [-0.39, 0.29) is 5.91 Å². The summed E-state index contributed by atoms with van der Waals surface area (Å²) in [5.41, 5.74) is 2.26. The highest BCUT2D eigenvalue weighted by Crippen LogP contribution is 2.31. The van der Waals surface area contributed by atoms with Gasteiger partial charge in [0.1, 0.15) is 5.01 Å². The first-order valence-corrected chi connectivity index (χ1v) is 12.5. The second-order valence-corrected chi connectivity index (χ2v) is 10.6. The minimum atomic E-state index is -0.195. The van der Waals surface area contributed by atoms with Crippen molar-refractivity contribution in [1.82, 2.24) is 25.7 Å². The number of benzene rings is 1. The third-order valence-corrected chi connectivity index (χ3v) is 8.06. The van der Waals surface area contributed by atoms with Crippen molar-refractivity contribution in [2.45, 2.75) is 47.7 Å². The van der Waals surface area contributed by atoms with Gasteiger partial charge in [-0.3, -0.25) is 4.79 Å². The number of thioether (sulfide) groups is 2. The Hall–Kier alpha value is -1.49. The number of aryl methyl sites for hydroxylation is 1. The predicted octanol–water partition coefficient (Wildman–Crippen LogP) is 4.81. The number of nitrogens with one attached hydrogen (secondary N) is 1. The first-order chi connectivity index (χ1) is 13.6. The van der Waals surface area contributed by atoms with Crippen LogP contribution in [0.25, 0.3) is 0 Å². The summed E-state index contributed by atoms with van der Waals surface area (Å²) in [5.74, 6) is 1.52. The molecule has 0 aliphatic carbocycles. The molecule has 1 aromatic carbocycles. The van der Waals surface area contributed by atoms with Gasteiger partial charge >= 0.3 is 0 Å². The SMILES string of the molecule is CCCCSc1nnc(SCc2nnc(C(=O)NCc3ccc(C)cc3)s2)s1. The van der Waals surface area contributed by atoms with Crippen molar-refractivity contribution in [2.24, 2.45) is 0 Å². The molecule has 0 bridgehead atoms. The molecule has 0 atom stereocenters. The number of nitrogens with zero attached hydrogens (tertiary/aromatic N) is 4. The van der Waals surface area contributed by atoms with Crippen LogP contribution in [0.4, 0.5) is 0 Å². The lowest BCUT2D eigenvalue weighted by atomic mass is 10.1. The van der Waals surface area contributed by atoms with Crippen LogP contribution in [-0.2, 0) is 12.3 Å². The second-order valence-electron chi connectivity index (χ2n) is 5.99. The predicted molar refractivity (Wildman–Crippen MR) is 117 cm³/mol. The molecule has 2 aromatic heterocycles. The summed E-state index contributed by atoms with van der Waals surface area (Å²) >= 11 is 6.25. The van der Waals surface area contributed by atoms with Crippen LogP contribution in [0.3, 0.4) is 0 Å². The highest BCUT2D eigenvalue weighted by molar-refractivity contribution is 8.02. The summed E-state index contributed by atoms with van der Waals surface area (Å²) < 4.78 is 1.92. The third kappa shape index (κ3) is 6.54. The lowest BCUT2D eigenvalue weighted by Crippen LogP contribution is -2.22. The number of unbranched alkanes of at least 4 members (excludes halogenated alkanes) is 1. The Labute approximate surface area is 181 Å². The molecule has 28 heavy (non-hydrogen) atoms. The zero-order valence-corrected chi connectivity index (χ0v) is 18.9. The molecule has 3 rings (SSSR count). The van der Waals surface area contributed by atoms with Gasteiger partial charge in [-0.1, -0.05) is 89.4 Å². The van der Waals surface area contributed by atoms with Gasteiger partial charge in [0.15, 0.2) is 8.68 Å². The van der Waals surface area contributed by atoms with Gasteiger partial charge in [0.25, 0.3) is 5.91 Å². The lowest BCUT2D eigenvalue weighted by molar-refractivity contribution is 0.0950. The van der Waals surface area contributed by atoms with E-state index in [1.54, 1.807) is 34.9 Å².